The predicted molar refractivity (Wildman–Crippen MR) is 83.6 cm³/mol. The van der Waals surface area contributed by atoms with Gasteiger partial charge in [-0.05, 0) is 50.7 Å². The summed E-state index contributed by atoms with van der Waals surface area (Å²) in [5.74, 6) is 1.53. The molecule has 2 aliphatic rings. The summed E-state index contributed by atoms with van der Waals surface area (Å²) in [6.45, 7) is 9.95. The first-order valence-corrected chi connectivity index (χ1v) is 7.63. The number of nitrogens with two attached hydrogens (primary N) is 2. The Labute approximate surface area is 119 Å². The van der Waals surface area contributed by atoms with E-state index < -0.39 is 0 Å². The lowest BCUT2D eigenvalue weighted by molar-refractivity contribution is 0.253. The molecule has 5 nitrogen and oxygen atoms in total. The van der Waals surface area contributed by atoms with E-state index in [2.05, 4.69) is 17.1 Å². The Kier molecular flexibility index (Phi) is 11.5. The van der Waals surface area contributed by atoms with Crippen LogP contribution in [0.3, 0.4) is 0 Å². The second-order valence-corrected chi connectivity index (χ2v) is 5.55. The van der Waals surface area contributed by atoms with Crippen molar-refractivity contribution < 1.29 is 0 Å². The van der Waals surface area contributed by atoms with Gasteiger partial charge in [0.15, 0.2) is 0 Å². The average Bonchev–Trinajstić information content (AvgIpc) is 2.48. The molecule has 2 fully saturated rings. The Balaban J connectivity index is 0.000000331. The number of nitrogens with zero attached hydrogens (tertiary/aromatic N) is 1. The maximum Gasteiger partial charge on any atom is 0.0107 e. The molecule has 1 heterocycles. The SMILES string of the molecule is CCN1CCNCC1.N.NCC1CCCC(CN)C1. The Bertz CT molecular complexity index is 184. The van der Waals surface area contributed by atoms with Crippen molar-refractivity contribution in [2.75, 3.05) is 45.8 Å². The summed E-state index contributed by atoms with van der Waals surface area (Å²) in [5.41, 5.74) is 11.2. The minimum absolute atomic E-state index is 0. The van der Waals surface area contributed by atoms with Crippen molar-refractivity contribution in [2.45, 2.75) is 32.6 Å². The third-order valence-electron chi connectivity index (χ3n) is 4.21. The van der Waals surface area contributed by atoms with Crippen molar-refractivity contribution in [3.05, 3.63) is 0 Å². The van der Waals surface area contributed by atoms with E-state index in [0.29, 0.717) is 0 Å². The molecule has 1 saturated carbocycles. The van der Waals surface area contributed by atoms with Gasteiger partial charge in [-0.1, -0.05) is 13.3 Å². The van der Waals surface area contributed by atoms with E-state index in [1.54, 1.807) is 0 Å². The maximum absolute atomic E-state index is 5.58. The van der Waals surface area contributed by atoms with E-state index in [0.717, 1.165) is 24.9 Å². The zero-order chi connectivity index (χ0) is 13.2. The molecule has 1 saturated heterocycles. The topological polar surface area (TPSA) is 102 Å². The van der Waals surface area contributed by atoms with Gasteiger partial charge in [-0.2, -0.15) is 0 Å². The molecule has 0 spiro atoms. The van der Waals surface area contributed by atoms with Gasteiger partial charge in [0.1, 0.15) is 0 Å². The molecule has 2 unspecified atom stereocenters. The van der Waals surface area contributed by atoms with E-state index in [1.807, 2.05) is 0 Å². The minimum atomic E-state index is 0. The van der Waals surface area contributed by atoms with E-state index in [1.165, 1.54) is 58.4 Å². The molecular formula is C14H35N5. The van der Waals surface area contributed by atoms with Crippen LogP contribution in [0.1, 0.15) is 32.6 Å². The molecule has 5 heteroatoms. The molecule has 19 heavy (non-hydrogen) atoms. The largest absolute Gasteiger partial charge is 0.344 e. The van der Waals surface area contributed by atoms with Crippen LogP contribution in [0.5, 0.6) is 0 Å². The lowest BCUT2D eigenvalue weighted by Crippen LogP contribution is -2.43. The summed E-state index contributed by atoms with van der Waals surface area (Å²) in [7, 11) is 0. The highest BCUT2D eigenvalue weighted by molar-refractivity contribution is 4.73. The zero-order valence-corrected chi connectivity index (χ0v) is 12.7. The molecule has 2 atom stereocenters. The summed E-state index contributed by atoms with van der Waals surface area (Å²) in [5, 5.41) is 3.31. The fourth-order valence-corrected chi connectivity index (χ4v) is 2.86. The van der Waals surface area contributed by atoms with E-state index >= 15 is 0 Å². The number of hydrogen-bond donors (Lipinski definition) is 4. The summed E-state index contributed by atoms with van der Waals surface area (Å²) >= 11 is 0. The molecule has 0 aromatic rings. The van der Waals surface area contributed by atoms with Crippen LogP contribution in [-0.4, -0.2) is 50.7 Å². The first-order valence-electron chi connectivity index (χ1n) is 7.63. The normalized spacial score (nSPS) is 27.9. The van der Waals surface area contributed by atoms with Gasteiger partial charge in [0.2, 0.25) is 0 Å². The van der Waals surface area contributed by atoms with Gasteiger partial charge in [-0.3, -0.25) is 0 Å². The molecule has 0 amide bonds. The second-order valence-electron chi connectivity index (χ2n) is 5.55. The van der Waals surface area contributed by atoms with Gasteiger partial charge in [-0.15, -0.1) is 0 Å². The Morgan fingerprint density at radius 3 is 1.95 bits per heavy atom. The second kappa shape index (κ2) is 11.6. The Morgan fingerprint density at radius 2 is 1.58 bits per heavy atom. The predicted octanol–water partition coefficient (Wildman–Crippen LogP) is 0.784. The highest BCUT2D eigenvalue weighted by Gasteiger charge is 2.19. The number of rotatable bonds is 3. The van der Waals surface area contributed by atoms with Crippen LogP contribution in [0.15, 0.2) is 0 Å². The van der Waals surface area contributed by atoms with E-state index in [-0.39, 0.29) is 6.15 Å². The minimum Gasteiger partial charge on any atom is -0.344 e. The molecule has 0 radical (unpaired) electrons. The molecule has 1 aliphatic carbocycles. The van der Waals surface area contributed by atoms with Gasteiger partial charge in [0.05, 0.1) is 0 Å². The summed E-state index contributed by atoms with van der Waals surface area (Å²) < 4.78 is 0. The fraction of sp³-hybridized carbons (Fsp3) is 1.00. The molecule has 0 bridgehead atoms. The van der Waals surface area contributed by atoms with Gasteiger partial charge in [-0.25, -0.2) is 0 Å². The maximum atomic E-state index is 5.58. The molecule has 1 aliphatic heterocycles. The van der Waals surface area contributed by atoms with Crippen LogP contribution in [-0.2, 0) is 0 Å². The molecule has 116 valence electrons. The smallest absolute Gasteiger partial charge is 0.0107 e. The summed E-state index contributed by atoms with van der Waals surface area (Å²) in [6, 6.07) is 0. The standard InChI is InChI=1S/C8H18N2.C6H14N2.H3N/c9-5-7-2-1-3-8(4-7)6-10;1-2-8-5-3-7-4-6-8;/h7-8H,1-6,9-10H2;7H,2-6H2,1H3;1H3. The number of likely N-dealkylation sites (N-methyl/N-ethyl adjacent to an activating group) is 1. The van der Waals surface area contributed by atoms with Crippen LogP contribution in [0.25, 0.3) is 0 Å². The van der Waals surface area contributed by atoms with Crippen LogP contribution in [0.2, 0.25) is 0 Å². The number of piperazine rings is 1. The summed E-state index contributed by atoms with van der Waals surface area (Å²) in [4.78, 5) is 2.45. The molecular weight excluding hydrogens is 238 g/mol. The highest BCUT2D eigenvalue weighted by atomic mass is 15.2. The van der Waals surface area contributed by atoms with Crippen LogP contribution in [0, 0.1) is 11.8 Å². The van der Waals surface area contributed by atoms with Crippen LogP contribution < -0.4 is 22.9 Å². The lowest BCUT2D eigenvalue weighted by atomic mass is 9.81. The first-order chi connectivity index (χ1) is 8.80. The third-order valence-corrected chi connectivity index (χ3v) is 4.21. The number of nitrogens with one attached hydrogen (secondary N) is 1. The van der Waals surface area contributed by atoms with Crippen LogP contribution >= 0.6 is 0 Å². The molecule has 2 rings (SSSR count). The summed E-state index contributed by atoms with van der Waals surface area (Å²) in [6.07, 6.45) is 5.26. The van der Waals surface area contributed by atoms with Crippen molar-refractivity contribution in [2.24, 2.45) is 23.3 Å². The van der Waals surface area contributed by atoms with Crippen LogP contribution in [0.4, 0.5) is 0 Å². The van der Waals surface area contributed by atoms with Crippen molar-refractivity contribution in [3.8, 4) is 0 Å². The van der Waals surface area contributed by atoms with Gasteiger partial charge in [0, 0.05) is 26.2 Å². The van der Waals surface area contributed by atoms with Gasteiger partial charge < -0.3 is 27.8 Å². The van der Waals surface area contributed by atoms with E-state index in [9.17, 15) is 0 Å². The quantitative estimate of drug-likeness (QED) is 0.609. The van der Waals surface area contributed by atoms with Crippen molar-refractivity contribution in [1.29, 1.82) is 0 Å². The first kappa shape index (κ1) is 18.8. The van der Waals surface area contributed by atoms with Crippen molar-refractivity contribution in [1.82, 2.24) is 16.4 Å². The third kappa shape index (κ3) is 7.84. The molecule has 8 N–H and O–H groups in total. The Hall–Kier alpha value is -0.200. The van der Waals surface area contributed by atoms with E-state index in [4.69, 9.17) is 11.5 Å². The van der Waals surface area contributed by atoms with Crippen molar-refractivity contribution >= 4 is 0 Å². The molecule has 0 aromatic heterocycles. The lowest BCUT2D eigenvalue weighted by Gasteiger charge is -2.26. The average molecular weight is 273 g/mol. The monoisotopic (exact) mass is 273 g/mol. The molecule has 0 aromatic carbocycles. The van der Waals surface area contributed by atoms with Crippen molar-refractivity contribution in [3.63, 3.8) is 0 Å². The zero-order valence-electron chi connectivity index (χ0n) is 12.7. The Morgan fingerprint density at radius 1 is 1.05 bits per heavy atom. The number of hydrogen-bond acceptors (Lipinski definition) is 5. The fourth-order valence-electron chi connectivity index (χ4n) is 2.86. The van der Waals surface area contributed by atoms with Gasteiger partial charge >= 0.3 is 0 Å². The van der Waals surface area contributed by atoms with Gasteiger partial charge in [0.25, 0.3) is 0 Å². The highest BCUT2D eigenvalue weighted by Crippen LogP contribution is 2.27.